The number of fused-ring (bicyclic) bond motifs is 1. The lowest BCUT2D eigenvalue weighted by atomic mass is 10.2. The summed E-state index contributed by atoms with van der Waals surface area (Å²) in [6.45, 7) is 0. The minimum Gasteiger partial charge on any atom is -0.343 e. The van der Waals surface area contributed by atoms with Gasteiger partial charge in [-0.15, -0.1) is 0 Å². The van der Waals surface area contributed by atoms with E-state index >= 15 is 0 Å². The quantitative estimate of drug-likeness (QED) is 0.634. The molecule has 1 aromatic carbocycles. The van der Waals surface area contributed by atoms with Crippen LogP contribution in [-0.4, -0.2) is 20.2 Å². The summed E-state index contributed by atoms with van der Waals surface area (Å²) < 4.78 is 12.9. The Kier molecular flexibility index (Phi) is 1.58. The maximum absolute atomic E-state index is 12.9. The number of halogens is 1. The fraction of sp³-hybridized carbons (Fsp3) is 0. The van der Waals surface area contributed by atoms with E-state index in [0.717, 1.165) is 5.39 Å². The van der Waals surface area contributed by atoms with Crippen molar-refractivity contribution in [2.75, 3.05) is 0 Å². The number of hydrogen-bond acceptors (Lipinski definition) is 2. The largest absolute Gasteiger partial charge is 0.343 e. The van der Waals surface area contributed by atoms with E-state index in [0.29, 0.717) is 17.0 Å². The fourth-order valence-corrected chi connectivity index (χ4v) is 1.57. The average Bonchev–Trinajstić information content (AvgIpc) is 2.82. The van der Waals surface area contributed by atoms with Crippen LogP contribution < -0.4 is 0 Å². The van der Waals surface area contributed by atoms with Gasteiger partial charge in [-0.05, 0) is 18.2 Å². The fourth-order valence-electron chi connectivity index (χ4n) is 1.57. The highest BCUT2D eigenvalue weighted by Crippen LogP contribution is 2.23. The van der Waals surface area contributed by atoms with Gasteiger partial charge in [-0.1, -0.05) is 0 Å². The summed E-state index contributed by atoms with van der Waals surface area (Å²) in [6.07, 6.45) is 3.37. The lowest BCUT2D eigenvalue weighted by Gasteiger charge is -1.92. The first-order valence-corrected chi connectivity index (χ1v) is 4.48. The van der Waals surface area contributed by atoms with Crippen LogP contribution in [0.3, 0.4) is 0 Å². The second-order valence-electron chi connectivity index (χ2n) is 3.20. The summed E-state index contributed by atoms with van der Waals surface area (Å²) in [5.41, 5.74) is 1.37. The zero-order valence-electron chi connectivity index (χ0n) is 7.66. The lowest BCUT2D eigenvalue weighted by molar-refractivity contribution is 0.629. The van der Waals surface area contributed by atoms with Crippen molar-refractivity contribution in [2.45, 2.75) is 0 Å². The summed E-state index contributed by atoms with van der Waals surface area (Å²) in [6, 6.07) is 4.51. The van der Waals surface area contributed by atoms with Gasteiger partial charge in [0.1, 0.15) is 11.5 Å². The van der Waals surface area contributed by atoms with Gasteiger partial charge in [0.15, 0.2) is 5.82 Å². The molecule has 0 aliphatic heterocycles. The summed E-state index contributed by atoms with van der Waals surface area (Å²) >= 11 is 0. The molecular weight excluding hydrogens is 195 g/mol. The van der Waals surface area contributed by atoms with E-state index in [9.17, 15) is 4.39 Å². The zero-order valence-corrected chi connectivity index (χ0v) is 7.66. The Labute approximate surface area is 84.2 Å². The standard InChI is InChI=1S/C10H7FN4/c11-6-1-2-7-8(5-6)14-15-9(7)10-12-3-4-13-10/h1-5H,(H,12,13)(H,14,15). The molecule has 0 saturated heterocycles. The Morgan fingerprint density at radius 1 is 1.27 bits per heavy atom. The Balaban J connectivity index is 2.29. The van der Waals surface area contributed by atoms with Crippen molar-refractivity contribution in [1.82, 2.24) is 20.2 Å². The first kappa shape index (κ1) is 8.16. The number of aromatic amines is 2. The number of nitrogens with one attached hydrogen (secondary N) is 2. The van der Waals surface area contributed by atoms with Gasteiger partial charge in [0, 0.05) is 17.8 Å². The molecule has 4 nitrogen and oxygen atoms in total. The monoisotopic (exact) mass is 202 g/mol. The van der Waals surface area contributed by atoms with Crippen molar-refractivity contribution in [3.05, 3.63) is 36.4 Å². The lowest BCUT2D eigenvalue weighted by Crippen LogP contribution is -1.80. The molecule has 0 bridgehead atoms. The van der Waals surface area contributed by atoms with Gasteiger partial charge in [-0.25, -0.2) is 9.37 Å². The van der Waals surface area contributed by atoms with Crippen LogP contribution >= 0.6 is 0 Å². The molecule has 0 unspecified atom stereocenters. The molecule has 2 N–H and O–H groups in total. The molecule has 0 radical (unpaired) electrons. The van der Waals surface area contributed by atoms with Crippen LogP contribution in [0.4, 0.5) is 4.39 Å². The van der Waals surface area contributed by atoms with Gasteiger partial charge in [-0.3, -0.25) is 5.10 Å². The van der Waals surface area contributed by atoms with E-state index in [4.69, 9.17) is 0 Å². The van der Waals surface area contributed by atoms with Gasteiger partial charge in [0.25, 0.3) is 0 Å². The van der Waals surface area contributed by atoms with E-state index in [1.54, 1.807) is 18.5 Å². The molecule has 0 spiro atoms. The average molecular weight is 202 g/mol. The van der Waals surface area contributed by atoms with E-state index in [1.165, 1.54) is 12.1 Å². The summed E-state index contributed by atoms with van der Waals surface area (Å²) in [7, 11) is 0. The molecule has 2 aromatic heterocycles. The molecule has 2 heterocycles. The highest BCUT2D eigenvalue weighted by Gasteiger charge is 2.09. The number of imidazole rings is 1. The van der Waals surface area contributed by atoms with Crippen molar-refractivity contribution >= 4 is 10.9 Å². The minimum absolute atomic E-state index is 0.280. The maximum Gasteiger partial charge on any atom is 0.158 e. The second-order valence-corrected chi connectivity index (χ2v) is 3.20. The van der Waals surface area contributed by atoms with Crippen LogP contribution in [0, 0.1) is 5.82 Å². The van der Waals surface area contributed by atoms with Gasteiger partial charge >= 0.3 is 0 Å². The Bertz CT molecular complexity index is 597. The predicted molar refractivity (Wildman–Crippen MR) is 53.6 cm³/mol. The van der Waals surface area contributed by atoms with E-state index in [2.05, 4.69) is 20.2 Å². The Morgan fingerprint density at radius 3 is 3.00 bits per heavy atom. The number of benzene rings is 1. The molecule has 74 valence electrons. The molecule has 0 saturated carbocycles. The molecule has 15 heavy (non-hydrogen) atoms. The predicted octanol–water partition coefficient (Wildman–Crippen LogP) is 2.09. The van der Waals surface area contributed by atoms with Crippen LogP contribution in [0.1, 0.15) is 0 Å². The topological polar surface area (TPSA) is 57.4 Å². The van der Waals surface area contributed by atoms with Crippen molar-refractivity contribution < 1.29 is 4.39 Å². The molecule has 0 aliphatic carbocycles. The minimum atomic E-state index is -0.280. The van der Waals surface area contributed by atoms with Crippen LogP contribution in [0.2, 0.25) is 0 Å². The molecule has 3 aromatic rings. The van der Waals surface area contributed by atoms with Crippen LogP contribution in [0.15, 0.2) is 30.6 Å². The van der Waals surface area contributed by atoms with Crippen molar-refractivity contribution in [2.24, 2.45) is 0 Å². The van der Waals surface area contributed by atoms with Crippen LogP contribution in [-0.2, 0) is 0 Å². The number of rotatable bonds is 1. The number of nitrogens with zero attached hydrogens (tertiary/aromatic N) is 2. The highest BCUT2D eigenvalue weighted by atomic mass is 19.1. The maximum atomic E-state index is 12.9. The van der Waals surface area contributed by atoms with Gasteiger partial charge in [0.05, 0.1) is 5.52 Å². The number of hydrogen-bond donors (Lipinski definition) is 2. The summed E-state index contributed by atoms with van der Waals surface area (Å²) in [4.78, 5) is 7.06. The third-order valence-electron chi connectivity index (χ3n) is 2.25. The summed E-state index contributed by atoms with van der Waals surface area (Å²) in [5.74, 6) is 0.394. The first-order chi connectivity index (χ1) is 7.34. The number of H-pyrrole nitrogens is 2. The van der Waals surface area contributed by atoms with Crippen LogP contribution in [0.25, 0.3) is 22.4 Å². The zero-order chi connectivity index (χ0) is 10.3. The highest BCUT2D eigenvalue weighted by molar-refractivity contribution is 5.90. The van der Waals surface area contributed by atoms with Crippen molar-refractivity contribution in [1.29, 1.82) is 0 Å². The van der Waals surface area contributed by atoms with Gasteiger partial charge in [0.2, 0.25) is 0 Å². The molecule has 0 aliphatic rings. The SMILES string of the molecule is Fc1ccc2c(-c3ncc[nH]3)n[nH]c2c1. The van der Waals surface area contributed by atoms with Crippen molar-refractivity contribution in [3.63, 3.8) is 0 Å². The van der Waals surface area contributed by atoms with E-state index < -0.39 is 0 Å². The normalized spacial score (nSPS) is 11.0. The first-order valence-electron chi connectivity index (χ1n) is 4.48. The third kappa shape index (κ3) is 1.20. The molecule has 5 heteroatoms. The Morgan fingerprint density at radius 2 is 2.20 bits per heavy atom. The Hall–Kier alpha value is -2.17. The molecule has 0 fully saturated rings. The van der Waals surface area contributed by atoms with E-state index in [1.807, 2.05) is 0 Å². The molecule has 0 atom stereocenters. The van der Waals surface area contributed by atoms with Gasteiger partial charge < -0.3 is 4.98 Å². The van der Waals surface area contributed by atoms with Gasteiger partial charge in [-0.2, -0.15) is 5.10 Å². The number of aromatic nitrogens is 4. The second kappa shape index (κ2) is 2.91. The molecular formula is C10H7FN4. The molecule has 3 rings (SSSR count). The van der Waals surface area contributed by atoms with Crippen LogP contribution in [0.5, 0.6) is 0 Å². The molecule has 0 amide bonds. The van der Waals surface area contributed by atoms with E-state index in [-0.39, 0.29) is 5.82 Å². The third-order valence-corrected chi connectivity index (χ3v) is 2.25. The van der Waals surface area contributed by atoms with Crippen molar-refractivity contribution in [3.8, 4) is 11.5 Å². The summed E-state index contributed by atoms with van der Waals surface area (Å²) in [5, 5.41) is 7.71. The smallest absolute Gasteiger partial charge is 0.158 e.